The predicted octanol–water partition coefficient (Wildman–Crippen LogP) is 3.93. The van der Waals surface area contributed by atoms with E-state index in [0.29, 0.717) is 12.1 Å². The van der Waals surface area contributed by atoms with Crippen molar-refractivity contribution in [2.24, 2.45) is 0 Å². The van der Waals surface area contributed by atoms with Crippen molar-refractivity contribution in [3.05, 3.63) is 30.5 Å². The van der Waals surface area contributed by atoms with Crippen molar-refractivity contribution in [3.63, 3.8) is 0 Å². The minimum Gasteiger partial charge on any atom is -0.490 e. The molecule has 1 aromatic carbocycles. The van der Waals surface area contributed by atoms with E-state index in [-0.39, 0.29) is 0 Å². The molecule has 3 aliphatic heterocycles. The second-order valence-corrected chi connectivity index (χ2v) is 8.99. The van der Waals surface area contributed by atoms with Crippen LogP contribution in [0.25, 0.3) is 10.9 Å². The SMILES string of the molecule is c1cc(OC2CCN(CCN3CCCCC3)CC2)c2ccn(C3CCOC3)c2c1. The lowest BCUT2D eigenvalue weighted by molar-refractivity contribution is 0.0915. The van der Waals surface area contributed by atoms with E-state index in [1.165, 1.54) is 56.3 Å². The maximum atomic E-state index is 6.51. The smallest absolute Gasteiger partial charge is 0.129 e. The number of benzene rings is 1. The van der Waals surface area contributed by atoms with E-state index < -0.39 is 0 Å². The molecule has 3 saturated heterocycles. The molecule has 29 heavy (non-hydrogen) atoms. The van der Waals surface area contributed by atoms with E-state index in [2.05, 4.69) is 44.8 Å². The number of nitrogens with zero attached hydrogens (tertiary/aromatic N) is 3. The van der Waals surface area contributed by atoms with E-state index in [1.807, 2.05) is 0 Å². The molecule has 0 spiro atoms. The van der Waals surface area contributed by atoms with Crippen LogP contribution in [0.2, 0.25) is 0 Å². The number of ether oxygens (including phenoxy) is 2. The number of hydrogen-bond acceptors (Lipinski definition) is 4. The van der Waals surface area contributed by atoms with Crippen LogP contribution in [-0.4, -0.2) is 73.0 Å². The van der Waals surface area contributed by atoms with E-state index in [9.17, 15) is 0 Å². The monoisotopic (exact) mass is 397 g/mol. The van der Waals surface area contributed by atoms with Gasteiger partial charge in [-0.2, -0.15) is 0 Å². The quantitative estimate of drug-likeness (QED) is 0.739. The first-order chi connectivity index (χ1) is 14.4. The molecule has 0 amide bonds. The summed E-state index contributed by atoms with van der Waals surface area (Å²) < 4.78 is 14.5. The molecule has 4 heterocycles. The normalized spacial score (nSPS) is 25.0. The third-order valence-electron chi connectivity index (χ3n) is 7.03. The number of fused-ring (bicyclic) bond motifs is 1. The van der Waals surface area contributed by atoms with Crippen LogP contribution in [-0.2, 0) is 4.74 Å². The minimum atomic E-state index is 0.338. The van der Waals surface area contributed by atoms with Gasteiger partial charge in [-0.25, -0.2) is 0 Å². The summed E-state index contributed by atoms with van der Waals surface area (Å²) in [7, 11) is 0. The van der Waals surface area contributed by atoms with Crippen LogP contribution in [0.4, 0.5) is 0 Å². The molecule has 0 radical (unpaired) electrons. The largest absolute Gasteiger partial charge is 0.490 e. The Morgan fingerprint density at radius 1 is 0.897 bits per heavy atom. The van der Waals surface area contributed by atoms with Crippen LogP contribution >= 0.6 is 0 Å². The topological polar surface area (TPSA) is 29.9 Å². The maximum Gasteiger partial charge on any atom is 0.129 e. The Morgan fingerprint density at radius 2 is 1.69 bits per heavy atom. The van der Waals surface area contributed by atoms with E-state index in [0.717, 1.165) is 51.3 Å². The van der Waals surface area contributed by atoms with Gasteiger partial charge in [-0.15, -0.1) is 0 Å². The Balaban J connectivity index is 1.16. The third kappa shape index (κ3) is 4.47. The number of likely N-dealkylation sites (tertiary alicyclic amines) is 2. The number of hydrogen-bond donors (Lipinski definition) is 0. The fraction of sp³-hybridized carbons (Fsp3) is 0.667. The molecule has 1 unspecified atom stereocenters. The molecule has 0 aliphatic carbocycles. The van der Waals surface area contributed by atoms with Crippen molar-refractivity contribution < 1.29 is 9.47 Å². The highest BCUT2D eigenvalue weighted by Crippen LogP contribution is 2.32. The Bertz CT molecular complexity index is 785. The van der Waals surface area contributed by atoms with Gasteiger partial charge in [0.25, 0.3) is 0 Å². The highest BCUT2D eigenvalue weighted by Gasteiger charge is 2.23. The van der Waals surface area contributed by atoms with Gasteiger partial charge in [0.05, 0.1) is 18.2 Å². The van der Waals surface area contributed by atoms with Crippen LogP contribution in [0.1, 0.15) is 44.6 Å². The minimum absolute atomic E-state index is 0.338. The van der Waals surface area contributed by atoms with Crippen molar-refractivity contribution in [2.75, 3.05) is 52.5 Å². The molecule has 5 rings (SSSR count). The van der Waals surface area contributed by atoms with Gasteiger partial charge in [0, 0.05) is 44.4 Å². The second kappa shape index (κ2) is 9.07. The summed E-state index contributed by atoms with van der Waals surface area (Å²) in [6.07, 6.45) is 10.1. The molecule has 1 atom stereocenters. The van der Waals surface area contributed by atoms with Crippen LogP contribution in [0.15, 0.2) is 30.5 Å². The van der Waals surface area contributed by atoms with Crippen molar-refractivity contribution >= 4 is 10.9 Å². The first-order valence-electron chi connectivity index (χ1n) is 11.7. The molecule has 158 valence electrons. The van der Waals surface area contributed by atoms with E-state index in [4.69, 9.17) is 9.47 Å². The highest BCUT2D eigenvalue weighted by atomic mass is 16.5. The average molecular weight is 398 g/mol. The Morgan fingerprint density at radius 3 is 2.45 bits per heavy atom. The molecule has 3 aliphatic rings. The van der Waals surface area contributed by atoms with Gasteiger partial charge in [0.1, 0.15) is 11.9 Å². The van der Waals surface area contributed by atoms with Crippen molar-refractivity contribution in [1.82, 2.24) is 14.4 Å². The molecule has 2 aromatic rings. The van der Waals surface area contributed by atoms with Gasteiger partial charge >= 0.3 is 0 Å². The summed E-state index contributed by atoms with van der Waals surface area (Å²) in [5.74, 6) is 1.05. The van der Waals surface area contributed by atoms with E-state index in [1.54, 1.807) is 0 Å². The summed E-state index contributed by atoms with van der Waals surface area (Å²) in [5, 5.41) is 1.24. The maximum absolute atomic E-state index is 6.51. The Hall–Kier alpha value is -1.56. The molecule has 3 fully saturated rings. The molecule has 0 N–H and O–H groups in total. The van der Waals surface area contributed by atoms with Crippen molar-refractivity contribution in [2.45, 2.75) is 50.7 Å². The lowest BCUT2D eigenvalue weighted by Crippen LogP contribution is -2.43. The zero-order chi connectivity index (χ0) is 19.5. The van der Waals surface area contributed by atoms with Crippen molar-refractivity contribution in [1.29, 1.82) is 0 Å². The molecular weight excluding hydrogens is 362 g/mol. The van der Waals surface area contributed by atoms with Gasteiger partial charge in [-0.3, -0.25) is 0 Å². The molecule has 5 heteroatoms. The average Bonchev–Trinajstić information content (AvgIpc) is 3.44. The Kier molecular flexibility index (Phi) is 6.07. The van der Waals surface area contributed by atoms with Crippen LogP contribution in [0.5, 0.6) is 5.75 Å². The van der Waals surface area contributed by atoms with Crippen LogP contribution in [0, 0.1) is 0 Å². The van der Waals surface area contributed by atoms with E-state index >= 15 is 0 Å². The van der Waals surface area contributed by atoms with Gasteiger partial charge in [-0.05, 0) is 63.4 Å². The zero-order valence-corrected chi connectivity index (χ0v) is 17.6. The van der Waals surface area contributed by atoms with Gasteiger partial charge in [-0.1, -0.05) is 12.5 Å². The summed E-state index contributed by atoms with van der Waals surface area (Å²) in [4.78, 5) is 5.28. The standard InChI is InChI=1S/C24H35N3O2/c1-2-11-25(12-3-1)16-17-26-13-7-21(8-14-26)29-24-6-4-5-23-22(24)9-15-27(23)20-10-18-28-19-20/h4-6,9,15,20-21H,1-3,7-8,10-14,16-19H2. The fourth-order valence-corrected chi connectivity index (χ4v) is 5.22. The van der Waals surface area contributed by atoms with Gasteiger partial charge < -0.3 is 23.8 Å². The van der Waals surface area contributed by atoms with Gasteiger partial charge in [0.15, 0.2) is 0 Å². The van der Waals surface area contributed by atoms with Gasteiger partial charge in [0.2, 0.25) is 0 Å². The first kappa shape index (κ1) is 19.4. The Labute approximate surface area is 174 Å². The van der Waals surface area contributed by atoms with Crippen LogP contribution < -0.4 is 4.74 Å². The highest BCUT2D eigenvalue weighted by molar-refractivity contribution is 5.86. The number of aromatic nitrogens is 1. The predicted molar refractivity (Wildman–Crippen MR) is 117 cm³/mol. The van der Waals surface area contributed by atoms with Crippen LogP contribution in [0.3, 0.4) is 0 Å². The number of rotatable bonds is 6. The first-order valence-corrected chi connectivity index (χ1v) is 11.7. The lowest BCUT2D eigenvalue weighted by atomic mass is 10.1. The summed E-state index contributed by atoms with van der Waals surface area (Å²) >= 11 is 0. The molecular formula is C24H35N3O2. The summed E-state index contributed by atoms with van der Waals surface area (Å²) in [6.45, 7) is 9.08. The molecule has 1 aromatic heterocycles. The molecule has 5 nitrogen and oxygen atoms in total. The lowest BCUT2D eigenvalue weighted by Gasteiger charge is -2.34. The summed E-state index contributed by atoms with van der Waals surface area (Å²) in [5.41, 5.74) is 1.27. The molecule has 0 saturated carbocycles. The number of piperidine rings is 2. The summed E-state index contributed by atoms with van der Waals surface area (Å²) in [6, 6.07) is 9.17. The van der Waals surface area contributed by atoms with Crippen molar-refractivity contribution in [3.8, 4) is 5.75 Å². The third-order valence-corrected chi connectivity index (χ3v) is 7.03. The fourth-order valence-electron chi connectivity index (χ4n) is 5.22. The second-order valence-electron chi connectivity index (χ2n) is 8.99. The zero-order valence-electron chi connectivity index (χ0n) is 17.6. The molecule has 0 bridgehead atoms.